The molecule has 1 aromatic carbocycles. The number of nitrogens with zero attached hydrogens (tertiary/aromatic N) is 3. The Kier molecular flexibility index (Phi) is 3.99. The lowest BCUT2D eigenvalue weighted by atomic mass is 10.1. The molecule has 0 aliphatic heterocycles. The maximum absolute atomic E-state index is 12.7. The number of halogens is 3. The number of hydrogen-bond acceptors (Lipinski definition) is 5. The predicted octanol–water partition coefficient (Wildman–Crippen LogP) is 4.67. The lowest BCUT2D eigenvalue weighted by molar-refractivity contribution is -0.141. The SMILES string of the molecule is Cc1cc(Nc2nccc(C(F)(F)F)n2)ccc1-c1cncs1. The number of nitrogens with one attached hydrogen (secondary N) is 1. The van der Waals surface area contributed by atoms with Gasteiger partial charge in [-0.3, -0.25) is 4.98 Å². The highest BCUT2D eigenvalue weighted by molar-refractivity contribution is 7.13. The van der Waals surface area contributed by atoms with Crippen molar-refractivity contribution >= 4 is 23.0 Å². The fourth-order valence-corrected chi connectivity index (χ4v) is 2.79. The van der Waals surface area contributed by atoms with Gasteiger partial charge in [-0.05, 0) is 36.2 Å². The molecule has 3 rings (SSSR count). The first-order chi connectivity index (χ1) is 10.9. The van der Waals surface area contributed by atoms with Gasteiger partial charge >= 0.3 is 6.18 Å². The summed E-state index contributed by atoms with van der Waals surface area (Å²) in [6.45, 7) is 1.92. The Morgan fingerprint density at radius 2 is 2.00 bits per heavy atom. The molecule has 3 aromatic rings. The van der Waals surface area contributed by atoms with Gasteiger partial charge in [-0.25, -0.2) is 9.97 Å². The number of thiazole rings is 1. The average molecular weight is 336 g/mol. The molecule has 0 bridgehead atoms. The third-order valence-electron chi connectivity index (χ3n) is 3.13. The van der Waals surface area contributed by atoms with Gasteiger partial charge in [0.05, 0.1) is 10.4 Å². The van der Waals surface area contributed by atoms with Gasteiger partial charge in [0.25, 0.3) is 0 Å². The summed E-state index contributed by atoms with van der Waals surface area (Å²) in [4.78, 5) is 12.4. The van der Waals surface area contributed by atoms with E-state index >= 15 is 0 Å². The summed E-state index contributed by atoms with van der Waals surface area (Å²) in [5.41, 5.74) is 3.40. The molecule has 0 saturated heterocycles. The zero-order valence-electron chi connectivity index (χ0n) is 11.9. The van der Waals surface area contributed by atoms with Crippen LogP contribution in [0.2, 0.25) is 0 Å². The average Bonchev–Trinajstić information content (AvgIpc) is 3.01. The zero-order chi connectivity index (χ0) is 16.4. The Morgan fingerprint density at radius 3 is 2.65 bits per heavy atom. The van der Waals surface area contributed by atoms with E-state index < -0.39 is 11.9 Å². The van der Waals surface area contributed by atoms with Crippen molar-refractivity contribution in [2.24, 2.45) is 0 Å². The van der Waals surface area contributed by atoms with Crippen LogP contribution in [-0.4, -0.2) is 15.0 Å². The standard InChI is InChI=1S/C15H11F3N4S/c1-9-6-10(2-3-11(9)12-7-19-8-23-12)21-14-20-5-4-13(22-14)15(16,17)18/h2-8H,1H3,(H,20,21,22). The van der Waals surface area contributed by atoms with Crippen LogP contribution in [-0.2, 0) is 6.18 Å². The summed E-state index contributed by atoms with van der Waals surface area (Å²) in [6.07, 6.45) is -1.64. The number of rotatable bonds is 3. The van der Waals surface area contributed by atoms with Crippen molar-refractivity contribution in [3.63, 3.8) is 0 Å². The van der Waals surface area contributed by atoms with Crippen LogP contribution in [0.4, 0.5) is 24.8 Å². The van der Waals surface area contributed by atoms with E-state index in [-0.39, 0.29) is 5.95 Å². The quantitative estimate of drug-likeness (QED) is 0.755. The molecule has 0 atom stereocenters. The molecule has 0 amide bonds. The number of hydrogen-bond donors (Lipinski definition) is 1. The van der Waals surface area contributed by atoms with Crippen molar-refractivity contribution in [3.8, 4) is 10.4 Å². The van der Waals surface area contributed by atoms with Gasteiger partial charge in [0.2, 0.25) is 5.95 Å². The number of aryl methyl sites for hydroxylation is 1. The molecule has 0 aliphatic carbocycles. The Morgan fingerprint density at radius 1 is 1.17 bits per heavy atom. The lowest BCUT2D eigenvalue weighted by Gasteiger charge is -2.10. The Balaban J connectivity index is 1.85. The predicted molar refractivity (Wildman–Crippen MR) is 82.6 cm³/mol. The van der Waals surface area contributed by atoms with Crippen LogP contribution in [0.5, 0.6) is 0 Å². The van der Waals surface area contributed by atoms with E-state index in [0.717, 1.165) is 28.3 Å². The Bertz CT molecular complexity index is 816. The molecule has 0 saturated carbocycles. The molecule has 118 valence electrons. The van der Waals surface area contributed by atoms with Crippen LogP contribution in [0.3, 0.4) is 0 Å². The second-order valence-corrected chi connectivity index (χ2v) is 5.67. The number of alkyl halides is 3. The van der Waals surface area contributed by atoms with E-state index in [2.05, 4.69) is 20.3 Å². The molecule has 0 unspecified atom stereocenters. The third-order valence-corrected chi connectivity index (χ3v) is 3.93. The molecule has 8 heteroatoms. The van der Waals surface area contributed by atoms with Crippen molar-refractivity contribution in [1.29, 1.82) is 0 Å². The summed E-state index contributed by atoms with van der Waals surface area (Å²) < 4.78 is 38.0. The molecule has 2 aromatic heterocycles. The second-order valence-electron chi connectivity index (χ2n) is 4.78. The summed E-state index contributed by atoms with van der Waals surface area (Å²) in [7, 11) is 0. The molecule has 4 nitrogen and oxygen atoms in total. The van der Waals surface area contributed by atoms with Gasteiger partial charge in [-0.15, -0.1) is 11.3 Å². The topological polar surface area (TPSA) is 50.7 Å². The van der Waals surface area contributed by atoms with Crippen molar-refractivity contribution < 1.29 is 13.2 Å². The first kappa shape index (κ1) is 15.4. The largest absolute Gasteiger partial charge is 0.433 e. The van der Waals surface area contributed by atoms with Gasteiger partial charge in [0, 0.05) is 18.1 Å². The minimum absolute atomic E-state index is 0.0928. The van der Waals surface area contributed by atoms with E-state index in [1.54, 1.807) is 17.8 Å². The summed E-state index contributed by atoms with van der Waals surface area (Å²) in [6, 6.07) is 6.33. The molecule has 23 heavy (non-hydrogen) atoms. The fraction of sp³-hybridized carbons (Fsp3) is 0.133. The highest BCUT2D eigenvalue weighted by Crippen LogP contribution is 2.30. The number of benzene rings is 1. The normalized spacial score (nSPS) is 11.5. The van der Waals surface area contributed by atoms with Crippen LogP contribution in [0.15, 0.2) is 42.2 Å². The zero-order valence-corrected chi connectivity index (χ0v) is 12.7. The van der Waals surface area contributed by atoms with E-state index in [1.807, 2.05) is 19.1 Å². The maximum atomic E-state index is 12.7. The smallest absolute Gasteiger partial charge is 0.324 e. The van der Waals surface area contributed by atoms with Crippen LogP contribution in [0.25, 0.3) is 10.4 Å². The highest BCUT2D eigenvalue weighted by atomic mass is 32.1. The van der Waals surface area contributed by atoms with E-state index in [0.29, 0.717) is 5.69 Å². The van der Waals surface area contributed by atoms with Crippen LogP contribution >= 0.6 is 11.3 Å². The minimum atomic E-state index is -4.49. The number of anilines is 2. The summed E-state index contributed by atoms with van der Waals surface area (Å²) >= 11 is 1.52. The van der Waals surface area contributed by atoms with Gasteiger partial charge in [0.1, 0.15) is 5.69 Å². The Labute approximate surface area is 134 Å². The van der Waals surface area contributed by atoms with Gasteiger partial charge in [0.15, 0.2) is 0 Å². The fourth-order valence-electron chi connectivity index (χ4n) is 2.07. The Hall–Kier alpha value is -2.48. The monoisotopic (exact) mass is 336 g/mol. The van der Waals surface area contributed by atoms with Crippen LogP contribution in [0, 0.1) is 6.92 Å². The first-order valence-corrected chi connectivity index (χ1v) is 7.48. The van der Waals surface area contributed by atoms with Crippen LogP contribution < -0.4 is 5.32 Å². The lowest BCUT2D eigenvalue weighted by Crippen LogP contribution is -2.10. The molecule has 0 fully saturated rings. The summed E-state index contributed by atoms with van der Waals surface area (Å²) in [5, 5.41) is 2.80. The van der Waals surface area contributed by atoms with E-state index in [4.69, 9.17) is 0 Å². The molecule has 0 radical (unpaired) electrons. The molecular weight excluding hydrogens is 325 g/mol. The van der Waals surface area contributed by atoms with Gasteiger partial charge in [-0.1, -0.05) is 6.07 Å². The van der Waals surface area contributed by atoms with Crippen LogP contribution in [0.1, 0.15) is 11.3 Å². The molecular formula is C15H11F3N4S. The molecule has 1 N–H and O–H groups in total. The minimum Gasteiger partial charge on any atom is -0.324 e. The first-order valence-electron chi connectivity index (χ1n) is 6.60. The second kappa shape index (κ2) is 5.96. The van der Waals surface area contributed by atoms with Gasteiger partial charge < -0.3 is 5.32 Å². The summed E-state index contributed by atoms with van der Waals surface area (Å²) in [5.74, 6) is -0.0928. The molecule has 0 spiro atoms. The van der Waals surface area contributed by atoms with Crippen molar-refractivity contribution in [2.75, 3.05) is 5.32 Å². The highest BCUT2D eigenvalue weighted by Gasteiger charge is 2.32. The van der Waals surface area contributed by atoms with Crippen molar-refractivity contribution in [2.45, 2.75) is 13.1 Å². The van der Waals surface area contributed by atoms with Gasteiger partial charge in [-0.2, -0.15) is 13.2 Å². The third kappa shape index (κ3) is 3.48. The molecule has 0 aliphatic rings. The maximum Gasteiger partial charge on any atom is 0.433 e. The van der Waals surface area contributed by atoms with Crippen molar-refractivity contribution in [1.82, 2.24) is 15.0 Å². The van der Waals surface area contributed by atoms with Crippen molar-refractivity contribution in [3.05, 3.63) is 53.4 Å². The number of aromatic nitrogens is 3. The molecule has 2 heterocycles. The van der Waals surface area contributed by atoms with E-state index in [1.165, 1.54) is 11.3 Å². The van der Waals surface area contributed by atoms with E-state index in [9.17, 15) is 13.2 Å².